The molecule has 0 saturated carbocycles. The van der Waals surface area contributed by atoms with Crippen LogP contribution in [0.1, 0.15) is 5.56 Å². The standard InChI is InChI=1S/C13H14BrN3O/c1-8-7-16-13(6-10(8)15)17-11-5-9(14)3-4-12(11)18-2/h3-7H,1-2H3,(H3,15,16,17). The van der Waals surface area contributed by atoms with E-state index in [9.17, 15) is 0 Å². The minimum absolute atomic E-state index is 0.689. The van der Waals surface area contributed by atoms with Gasteiger partial charge in [-0.2, -0.15) is 0 Å². The van der Waals surface area contributed by atoms with Gasteiger partial charge in [0.2, 0.25) is 0 Å². The maximum Gasteiger partial charge on any atom is 0.142 e. The van der Waals surface area contributed by atoms with Gasteiger partial charge in [0, 0.05) is 22.4 Å². The second-order valence-electron chi connectivity index (χ2n) is 3.90. The van der Waals surface area contributed by atoms with E-state index in [2.05, 4.69) is 26.2 Å². The van der Waals surface area contributed by atoms with Gasteiger partial charge in [0.05, 0.1) is 12.8 Å². The van der Waals surface area contributed by atoms with E-state index in [1.165, 1.54) is 0 Å². The molecule has 3 N–H and O–H groups in total. The molecule has 1 heterocycles. The SMILES string of the molecule is COc1ccc(Br)cc1Nc1cc(N)c(C)cn1. The maximum absolute atomic E-state index is 5.85. The molecule has 0 aliphatic heterocycles. The normalized spacial score (nSPS) is 10.2. The minimum atomic E-state index is 0.689. The van der Waals surface area contributed by atoms with Gasteiger partial charge >= 0.3 is 0 Å². The number of ether oxygens (including phenoxy) is 1. The Morgan fingerprint density at radius 3 is 2.78 bits per heavy atom. The molecule has 1 aromatic heterocycles. The second kappa shape index (κ2) is 5.27. The zero-order valence-corrected chi connectivity index (χ0v) is 11.8. The Labute approximate surface area is 114 Å². The van der Waals surface area contributed by atoms with Crippen molar-refractivity contribution < 1.29 is 4.74 Å². The lowest BCUT2D eigenvalue weighted by atomic mass is 10.2. The Balaban J connectivity index is 2.33. The summed E-state index contributed by atoms with van der Waals surface area (Å²) in [6.45, 7) is 1.92. The number of benzene rings is 1. The number of nitrogens with two attached hydrogens (primary N) is 1. The predicted octanol–water partition coefficient (Wildman–Crippen LogP) is 3.49. The first-order chi connectivity index (χ1) is 8.60. The van der Waals surface area contributed by atoms with Crippen molar-refractivity contribution in [2.24, 2.45) is 0 Å². The van der Waals surface area contributed by atoms with E-state index < -0.39 is 0 Å². The highest BCUT2D eigenvalue weighted by atomic mass is 79.9. The molecule has 2 aromatic rings. The predicted molar refractivity (Wildman–Crippen MR) is 77.4 cm³/mol. The van der Waals surface area contributed by atoms with Crippen molar-refractivity contribution in [1.82, 2.24) is 4.98 Å². The van der Waals surface area contributed by atoms with Crippen molar-refractivity contribution in [2.75, 3.05) is 18.2 Å². The maximum atomic E-state index is 5.85. The number of methoxy groups -OCH3 is 1. The van der Waals surface area contributed by atoms with Gasteiger partial charge in [0.1, 0.15) is 11.6 Å². The van der Waals surface area contributed by atoms with Gasteiger partial charge in [-0.05, 0) is 30.7 Å². The zero-order valence-electron chi connectivity index (χ0n) is 10.2. The topological polar surface area (TPSA) is 60.2 Å². The lowest BCUT2D eigenvalue weighted by molar-refractivity contribution is 0.416. The molecule has 0 bridgehead atoms. The van der Waals surface area contributed by atoms with E-state index in [1.54, 1.807) is 19.4 Å². The number of hydrogen-bond acceptors (Lipinski definition) is 4. The summed E-state index contributed by atoms with van der Waals surface area (Å²) >= 11 is 3.42. The van der Waals surface area contributed by atoms with Gasteiger partial charge in [-0.3, -0.25) is 0 Å². The summed E-state index contributed by atoms with van der Waals surface area (Å²) in [5.41, 5.74) is 8.36. The van der Waals surface area contributed by atoms with Crippen LogP contribution in [0.3, 0.4) is 0 Å². The summed E-state index contributed by atoms with van der Waals surface area (Å²) in [6.07, 6.45) is 1.74. The average molecular weight is 308 g/mol. The highest BCUT2D eigenvalue weighted by Crippen LogP contribution is 2.30. The van der Waals surface area contributed by atoms with Gasteiger partial charge in [-0.15, -0.1) is 0 Å². The number of aromatic nitrogens is 1. The third-order valence-electron chi connectivity index (χ3n) is 2.57. The summed E-state index contributed by atoms with van der Waals surface area (Å²) in [7, 11) is 1.63. The molecular weight excluding hydrogens is 294 g/mol. The summed E-state index contributed by atoms with van der Waals surface area (Å²) < 4.78 is 6.25. The van der Waals surface area contributed by atoms with Gasteiger partial charge in [-0.25, -0.2) is 4.98 Å². The molecule has 0 amide bonds. The Morgan fingerprint density at radius 1 is 1.33 bits per heavy atom. The van der Waals surface area contributed by atoms with Crippen LogP contribution < -0.4 is 15.8 Å². The van der Waals surface area contributed by atoms with E-state index >= 15 is 0 Å². The molecule has 0 spiro atoms. The fourth-order valence-corrected chi connectivity index (χ4v) is 1.88. The van der Waals surface area contributed by atoms with E-state index in [0.29, 0.717) is 11.5 Å². The molecule has 1 aromatic carbocycles. The van der Waals surface area contributed by atoms with Crippen molar-refractivity contribution >= 4 is 33.1 Å². The molecule has 0 radical (unpaired) electrons. The van der Waals surface area contributed by atoms with Crippen molar-refractivity contribution in [3.05, 3.63) is 40.5 Å². The number of hydrogen-bond donors (Lipinski definition) is 2. The molecule has 0 saturated heterocycles. The second-order valence-corrected chi connectivity index (χ2v) is 4.81. The van der Waals surface area contributed by atoms with Crippen LogP contribution in [0, 0.1) is 6.92 Å². The Bertz CT molecular complexity index is 572. The fourth-order valence-electron chi connectivity index (χ4n) is 1.52. The molecule has 0 fully saturated rings. The quantitative estimate of drug-likeness (QED) is 0.911. The number of nitrogen functional groups attached to an aromatic ring is 1. The number of nitrogens with zero attached hydrogens (tertiary/aromatic N) is 1. The first-order valence-corrected chi connectivity index (χ1v) is 6.22. The van der Waals surface area contributed by atoms with Gasteiger partial charge in [-0.1, -0.05) is 15.9 Å². The number of rotatable bonds is 3. The van der Waals surface area contributed by atoms with Gasteiger partial charge in [0.25, 0.3) is 0 Å². The molecule has 0 aliphatic rings. The molecule has 0 atom stereocenters. The summed E-state index contributed by atoms with van der Waals surface area (Å²) in [5, 5.41) is 3.19. The number of nitrogens with one attached hydrogen (secondary N) is 1. The number of anilines is 3. The largest absolute Gasteiger partial charge is 0.495 e. The summed E-state index contributed by atoms with van der Waals surface area (Å²) in [6, 6.07) is 7.52. The van der Waals surface area contributed by atoms with Crippen molar-refractivity contribution in [3.63, 3.8) is 0 Å². The van der Waals surface area contributed by atoms with Crippen LogP contribution in [0.5, 0.6) is 5.75 Å². The van der Waals surface area contributed by atoms with Gasteiger partial charge < -0.3 is 15.8 Å². The Morgan fingerprint density at radius 2 is 2.11 bits per heavy atom. The smallest absolute Gasteiger partial charge is 0.142 e. The van der Waals surface area contributed by atoms with Crippen molar-refractivity contribution in [1.29, 1.82) is 0 Å². The number of pyridine rings is 1. The first-order valence-electron chi connectivity index (χ1n) is 5.43. The van der Waals surface area contributed by atoms with E-state index in [0.717, 1.165) is 21.5 Å². The molecule has 5 heteroatoms. The van der Waals surface area contributed by atoms with Crippen molar-refractivity contribution in [3.8, 4) is 5.75 Å². The van der Waals surface area contributed by atoms with Crippen LogP contribution in [0.2, 0.25) is 0 Å². The highest BCUT2D eigenvalue weighted by molar-refractivity contribution is 9.10. The molecule has 0 aliphatic carbocycles. The summed E-state index contributed by atoms with van der Waals surface area (Å²) in [5.74, 6) is 1.44. The van der Waals surface area contributed by atoms with Crippen molar-refractivity contribution in [2.45, 2.75) is 6.92 Å². The van der Waals surface area contributed by atoms with Crippen LogP contribution in [0.4, 0.5) is 17.2 Å². The lowest BCUT2D eigenvalue weighted by Gasteiger charge is -2.11. The molecule has 4 nitrogen and oxygen atoms in total. The minimum Gasteiger partial charge on any atom is -0.495 e. The molecular formula is C13H14BrN3O. The van der Waals surface area contributed by atoms with E-state index in [4.69, 9.17) is 10.5 Å². The third-order valence-corrected chi connectivity index (χ3v) is 3.06. The number of aryl methyl sites for hydroxylation is 1. The van der Waals surface area contributed by atoms with Crippen LogP contribution in [-0.2, 0) is 0 Å². The van der Waals surface area contributed by atoms with E-state index in [-0.39, 0.29) is 0 Å². The number of halogens is 1. The van der Waals surface area contributed by atoms with Crippen LogP contribution >= 0.6 is 15.9 Å². The lowest BCUT2D eigenvalue weighted by Crippen LogP contribution is -1.99. The van der Waals surface area contributed by atoms with Gasteiger partial charge in [0.15, 0.2) is 0 Å². The molecule has 0 unspecified atom stereocenters. The Hall–Kier alpha value is -1.75. The monoisotopic (exact) mass is 307 g/mol. The summed E-state index contributed by atoms with van der Waals surface area (Å²) in [4.78, 5) is 4.28. The molecule has 18 heavy (non-hydrogen) atoms. The van der Waals surface area contributed by atoms with Crippen LogP contribution in [0.15, 0.2) is 34.9 Å². The fraction of sp³-hybridized carbons (Fsp3) is 0.154. The highest BCUT2D eigenvalue weighted by Gasteiger charge is 2.05. The molecule has 94 valence electrons. The Kier molecular flexibility index (Phi) is 3.72. The van der Waals surface area contributed by atoms with Crippen LogP contribution in [-0.4, -0.2) is 12.1 Å². The van der Waals surface area contributed by atoms with E-state index in [1.807, 2.05) is 25.1 Å². The van der Waals surface area contributed by atoms with Crippen LogP contribution in [0.25, 0.3) is 0 Å². The third kappa shape index (κ3) is 2.73. The first kappa shape index (κ1) is 12.7. The average Bonchev–Trinajstić information content (AvgIpc) is 2.34. The molecule has 2 rings (SSSR count). The zero-order chi connectivity index (χ0) is 13.1.